The number of halogens is 3. The SMILES string of the molecule is CCCC(CC(=O)N1CCC(NS(=O)(=O)c2cccc(C(F)(F)F)c2)CC1)NCCO. The molecule has 1 unspecified atom stereocenters. The molecule has 1 atom stereocenters. The molecule has 1 heterocycles. The number of nitrogens with one attached hydrogen (secondary N) is 2. The second kappa shape index (κ2) is 11.3. The normalized spacial score (nSPS) is 17.0. The summed E-state index contributed by atoms with van der Waals surface area (Å²) in [6.07, 6.45) is -1.86. The van der Waals surface area contributed by atoms with Gasteiger partial charge >= 0.3 is 6.18 Å². The van der Waals surface area contributed by atoms with E-state index in [9.17, 15) is 26.4 Å². The second-order valence-corrected chi connectivity index (χ2v) is 9.38. The summed E-state index contributed by atoms with van der Waals surface area (Å²) in [6.45, 7) is 3.16. The van der Waals surface area contributed by atoms with Gasteiger partial charge in [-0.25, -0.2) is 13.1 Å². The van der Waals surface area contributed by atoms with Crippen LogP contribution in [-0.2, 0) is 21.0 Å². The third-order valence-corrected chi connectivity index (χ3v) is 6.76. The van der Waals surface area contributed by atoms with Gasteiger partial charge in [0.15, 0.2) is 0 Å². The molecular weight excluding hydrogens is 435 g/mol. The molecule has 1 aromatic rings. The lowest BCUT2D eigenvalue weighted by Gasteiger charge is -2.33. The summed E-state index contributed by atoms with van der Waals surface area (Å²) in [4.78, 5) is 13.8. The van der Waals surface area contributed by atoms with Gasteiger partial charge in [-0.15, -0.1) is 0 Å². The number of carbonyl (C=O) groups excluding carboxylic acids is 1. The first-order chi connectivity index (χ1) is 14.6. The van der Waals surface area contributed by atoms with Crippen LogP contribution in [-0.4, -0.2) is 62.7 Å². The van der Waals surface area contributed by atoms with Crippen molar-refractivity contribution in [3.8, 4) is 0 Å². The van der Waals surface area contributed by atoms with Crippen LogP contribution in [0.5, 0.6) is 0 Å². The van der Waals surface area contributed by atoms with E-state index in [4.69, 9.17) is 5.11 Å². The average Bonchev–Trinajstić information content (AvgIpc) is 2.72. The van der Waals surface area contributed by atoms with Crippen molar-refractivity contribution in [2.75, 3.05) is 26.2 Å². The number of alkyl halides is 3. The fourth-order valence-electron chi connectivity index (χ4n) is 3.61. The molecule has 7 nitrogen and oxygen atoms in total. The Morgan fingerprint density at radius 3 is 2.55 bits per heavy atom. The van der Waals surface area contributed by atoms with Gasteiger partial charge in [0.2, 0.25) is 15.9 Å². The van der Waals surface area contributed by atoms with Crippen molar-refractivity contribution in [1.82, 2.24) is 14.9 Å². The fraction of sp³-hybridized carbons (Fsp3) is 0.650. The van der Waals surface area contributed by atoms with Crippen LogP contribution in [0.1, 0.15) is 44.6 Å². The van der Waals surface area contributed by atoms with Crippen molar-refractivity contribution in [3.63, 3.8) is 0 Å². The number of likely N-dealkylation sites (tertiary alicyclic amines) is 1. The summed E-state index contributed by atoms with van der Waals surface area (Å²) in [7, 11) is -4.10. The molecule has 1 fully saturated rings. The minimum Gasteiger partial charge on any atom is -0.395 e. The summed E-state index contributed by atoms with van der Waals surface area (Å²) in [5, 5.41) is 12.1. The van der Waals surface area contributed by atoms with Crippen molar-refractivity contribution in [2.24, 2.45) is 0 Å². The summed E-state index contributed by atoms with van der Waals surface area (Å²) >= 11 is 0. The predicted molar refractivity (Wildman–Crippen MR) is 110 cm³/mol. The molecule has 0 radical (unpaired) electrons. The van der Waals surface area contributed by atoms with Crippen molar-refractivity contribution in [1.29, 1.82) is 0 Å². The lowest BCUT2D eigenvalue weighted by atomic mass is 10.0. The molecule has 1 aromatic carbocycles. The molecule has 11 heteroatoms. The number of amides is 1. The lowest BCUT2D eigenvalue weighted by molar-refractivity contribution is -0.137. The molecular formula is C20H30F3N3O4S. The molecule has 1 aliphatic heterocycles. The molecule has 31 heavy (non-hydrogen) atoms. The Balaban J connectivity index is 1.92. The first kappa shape index (κ1) is 25.6. The summed E-state index contributed by atoms with van der Waals surface area (Å²) in [6, 6.07) is 3.16. The Kier molecular flexibility index (Phi) is 9.28. The number of sulfonamides is 1. The predicted octanol–water partition coefficient (Wildman–Crippen LogP) is 2.12. The van der Waals surface area contributed by atoms with Crippen LogP contribution in [0.15, 0.2) is 29.2 Å². The van der Waals surface area contributed by atoms with Crippen molar-refractivity contribution in [3.05, 3.63) is 29.8 Å². The van der Waals surface area contributed by atoms with Gasteiger partial charge < -0.3 is 15.3 Å². The Morgan fingerprint density at radius 2 is 1.97 bits per heavy atom. The van der Waals surface area contributed by atoms with E-state index < -0.39 is 32.7 Å². The second-order valence-electron chi connectivity index (χ2n) is 7.67. The standard InChI is InChI=1S/C20H30F3N3O4S/c1-2-4-17(24-9-12-27)14-19(28)26-10-7-16(8-11-26)25-31(29,30)18-6-3-5-15(13-18)20(21,22)23/h3,5-6,13,16-17,24-25,27H,2,4,7-12,14H2,1H3. The first-order valence-electron chi connectivity index (χ1n) is 10.4. The van der Waals surface area contributed by atoms with Crippen LogP contribution < -0.4 is 10.0 Å². The molecule has 3 N–H and O–H groups in total. The monoisotopic (exact) mass is 465 g/mol. The Labute approximate surface area is 181 Å². The number of hydrogen-bond acceptors (Lipinski definition) is 5. The third kappa shape index (κ3) is 7.74. The number of rotatable bonds is 10. The summed E-state index contributed by atoms with van der Waals surface area (Å²) in [5.41, 5.74) is -1.02. The molecule has 0 saturated carbocycles. The third-order valence-electron chi connectivity index (χ3n) is 5.24. The maximum atomic E-state index is 12.9. The van der Waals surface area contributed by atoms with E-state index in [2.05, 4.69) is 10.0 Å². The molecule has 176 valence electrons. The van der Waals surface area contributed by atoms with Gasteiger partial charge in [0, 0.05) is 38.1 Å². The molecule has 0 spiro atoms. The lowest BCUT2D eigenvalue weighted by Crippen LogP contribution is -2.47. The van der Waals surface area contributed by atoms with E-state index in [1.807, 2.05) is 6.92 Å². The molecule has 1 saturated heterocycles. The number of hydrogen-bond donors (Lipinski definition) is 3. The van der Waals surface area contributed by atoms with E-state index in [1.165, 1.54) is 0 Å². The van der Waals surface area contributed by atoms with Gasteiger partial charge in [0.05, 0.1) is 17.1 Å². The Morgan fingerprint density at radius 1 is 1.29 bits per heavy atom. The van der Waals surface area contributed by atoms with Gasteiger partial charge in [-0.05, 0) is 37.5 Å². The topological polar surface area (TPSA) is 98.7 Å². The maximum Gasteiger partial charge on any atom is 0.416 e. The van der Waals surface area contributed by atoms with Crippen molar-refractivity contribution in [2.45, 2.75) is 62.2 Å². The van der Waals surface area contributed by atoms with Crippen LogP contribution in [0.3, 0.4) is 0 Å². The van der Waals surface area contributed by atoms with E-state index in [-0.39, 0.29) is 18.6 Å². The maximum absolute atomic E-state index is 12.9. The van der Waals surface area contributed by atoms with Crippen molar-refractivity contribution >= 4 is 15.9 Å². The summed E-state index contributed by atoms with van der Waals surface area (Å²) in [5.74, 6) is -0.0388. The molecule has 0 aromatic heterocycles. The number of aliphatic hydroxyl groups excluding tert-OH is 1. The smallest absolute Gasteiger partial charge is 0.395 e. The Bertz CT molecular complexity index is 825. The van der Waals surface area contributed by atoms with Gasteiger partial charge in [0.25, 0.3) is 0 Å². The van der Waals surface area contributed by atoms with Crippen LogP contribution in [0, 0.1) is 0 Å². The van der Waals surface area contributed by atoms with E-state index in [0.717, 1.165) is 31.0 Å². The fourth-order valence-corrected chi connectivity index (χ4v) is 4.96. The Hall–Kier alpha value is -1.69. The zero-order valence-corrected chi connectivity index (χ0v) is 18.3. The number of carbonyl (C=O) groups is 1. The van der Waals surface area contributed by atoms with Gasteiger partial charge in [-0.2, -0.15) is 13.2 Å². The number of benzene rings is 1. The highest BCUT2D eigenvalue weighted by atomic mass is 32.2. The molecule has 2 rings (SSSR count). The molecule has 0 bridgehead atoms. The van der Waals surface area contributed by atoms with Crippen molar-refractivity contribution < 1.29 is 31.5 Å². The van der Waals surface area contributed by atoms with Crippen LogP contribution in [0.4, 0.5) is 13.2 Å². The van der Waals surface area contributed by atoms with Crippen LogP contribution in [0.25, 0.3) is 0 Å². The zero-order chi connectivity index (χ0) is 23.1. The molecule has 0 aliphatic carbocycles. The minimum absolute atomic E-state index is 0.00811. The quantitative estimate of drug-likeness (QED) is 0.492. The number of nitrogens with zero attached hydrogens (tertiary/aromatic N) is 1. The van der Waals surface area contributed by atoms with Gasteiger partial charge in [-0.3, -0.25) is 4.79 Å². The highest BCUT2D eigenvalue weighted by Crippen LogP contribution is 2.30. The number of aliphatic hydroxyl groups is 1. The van der Waals surface area contributed by atoms with Gasteiger partial charge in [-0.1, -0.05) is 19.4 Å². The molecule has 1 aliphatic rings. The van der Waals surface area contributed by atoms with E-state index in [1.54, 1.807) is 4.90 Å². The molecule has 1 amide bonds. The summed E-state index contributed by atoms with van der Waals surface area (Å²) < 4.78 is 66.1. The highest BCUT2D eigenvalue weighted by Gasteiger charge is 2.32. The average molecular weight is 466 g/mol. The van der Waals surface area contributed by atoms with E-state index >= 15 is 0 Å². The zero-order valence-electron chi connectivity index (χ0n) is 17.5. The van der Waals surface area contributed by atoms with Crippen LogP contribution in [0.2, 0.25) is 0 Å². The first-order valence-corrected chi connectivity index (χ1v) is 11.9. The minimum atomic E-state index is -4.63. The van der Waals surface area contributed by atoms with Crippen LogP contribution >= 0.6 is 0 Å². The van der Waals surface area contributed by atoms with E-state index in [0.29, 0.717) is 45.0 Å². The largest absolute Gasteiger partial charge is 0.416 e. The number of piperidine rings is 1. The highest BCUT2D eigenvalue weighted by molar-refractivity contribution is 7.89. The van der Waals surface area contributed by atoms with Gasteiger partial charge in [0.1, 0.15) is 0 Å².